The molecule has 1 aromatic carbocycles. The van der Waals surface area contributed by atoms with Gasteiger partial charge in [-0.3, -0.25) is 0 Å². The highest BCUT2D eigenvalue weighted by molar-refractivity contribution is 5.16. The van der Waals surface area contributed by atoms with Crippen LogP contribution in [0.1, 0.15) is 12.0 Å². The number of rotatable bonds is 2. The van der Waals surface area contributed by atoms with Gasteiger partial charge in [-0.25, -0.2) is 0 Å². The van der Waals surface area contributed by atoms with Gasteiger partial charge < -0.3 is 10.6 Å². The van der Waals surface area contributed by atoms with Crippen LogP contribution in [0.5, 0.6) is 0 Å². The predicted octanol–water partition coefficient (Wildman–Crippen LogP) is 1.69. The van der Waals surface area contributed by atoms with Gasteiger partial charge in [-0.1, -0.05) is 30.3 Å². The Morgan fingerprint density at radius 2 is 2.00 bits per heavy atom. The lowest BCUT2D eigenvalue weighted by Crippen LogP contribution is -2.13. The number of hydrogen-bond donors (Lipinski definition) is 1. The highest BCUT2D eigenvalue weighted by Crippen LogP contribution is 2.12. The zero-order valence-electron chi connectivity index (χ0n) is 7.61. The van der Waals surface area contributed by atoms with Crippen LogP contribution in [-0.4, -0.2) is 11.4 Å². The minimum Gasteiger partial charge on any atom is -0.401 e. The predicted molar refractivity (Wildman–Crippen MR) is 53.7 cm³/mol. The van der Waals surface area contributed by atoms with E-state index in [1.54, 1.807) is 0 Å². The van der Waals surface area contributed by atoms with Crippen molar-refractivity contribution in [2.45, 2.75) is 13.0 Å². The van der Waals surface area contributed by atoms with Gasteiger partial charge in [-0.15, -0.1) is 0 Å². The number of nitrogens with two attached hydrogens (primary N) is 1. The van der Waals surface area contributed by atoms with Gasteiger partial charge in [-0.05, 0) is 5.56 Å². The van der Waals surface area contributed by atoms with E-state index in [0.29, 0.717) is 0 Å². The van der Waals surface area contributed by atoms with E-state index >= 15 is 0 Å². The quantitative estimate of drug-likeness (QED) is 0.739. The highest BCUT2D eigenvalue weighted by atomic mass is 15.1. The third kappa shape index (κ3) is 2.02. The monoisotopic (exact) mass is 174 g/mol. The Morgan fingerprint density at radius 3 is 2.62 bits per heavy atom. The Labute approximate surface area is 78.7 Å². The van der Waals surface area contributed by atoms with Crippen molar-refractivity contribution >= 4 is 0 Å². The summed E-state index contributed by atoms with van der Waals surface area (Å²) in [5, 5.41) is 0. The normalized spacial score (nSPS) is 16.0. The van der Waals surface area contributed by atoms with Gasteiger partial charge in [0.15, 0.2) is 0 Å². The molecule has 13 heavy (non-hydrogen) atoms. The van der Waals surface area contributed by atoms with Crippen molar-refractivity contribution in [3.8, 4) is 0 Å². The molecule has 2 rings (SSSR count). The van der Waals surface area contributed by atoms with Gasteiger partial charge in [-0.2, -0.15) is 0 Å². The summed E-state index contributed by atoms with van der Waals surface area (Å²) < 4.78 is 0. The molecule has 0 bridgehead atoms. The molecule has 2 N–H and O–H groups in total. The lowest BCUT2D eigenvalue weighted by molar-refractivity contribution is 0.400. The van der Waals surface area contributed by atoms with Crippen molar-refractivity contribution < 1.29 is 0 Å². The molecule has 0 radical (unpaired) electrons. The molecule has 1 aromatic rings. The van der Waals surface area contributed by atoms with Crippen LogP contribution in [0.4, 0.5) is 0 Å². The Kier molecular flexibility index (Phi) is 2.21. The van der Waals surface area contributed by atoms with Gasteiger partial charge in [0.1, 0.15) is 0 Å². The maximum absolute atomic E-state index is 5.70. The lowest BCUT2D eigenvalue weighted by Gasteiger charge is -2.14. The van der Waals surface area contributed by atoms with E-state index in [1.165, 1.54) is 5.56 Å². The summed E-state index contributed by atoms with van der Waals surface area (Å²) in [4.78, 5) is 2.25. The van der Waals surface area contributed by atoms with Gasteiger partial charge >= 0.3 is 0 Å². The second-order valence-corrected chi connectivity index (χ2v) is 3.41. The minimum atomic E-state index is 0.974. The van der Waals surface area contributed by atoms with Crippen LogP contribution in [-0.2, 0) is 6.54 Å². The summed E-state index contributed by atoms with van der Waals surface area (Å²) in [6.07, 6.45) is 3.06. The molecule has 68 valence electrons. The second kappa shape index (κ2) is 3.52. The molecule has 0 atom stereocenters. The molecule has 0 aromatic heterocycles. The van der Waals surface area contributed by atoms with Gasteiger partial charge in [0.05, 0.1) is 0 Å². The number of benzene rings is 1. The summed E-state index contributed by atoms with van der Waals surface area (Å²) in [6, 6.07) is 10.5. The Balaban J connectivity index is 2.00. The second-order valence-electron chi connectivity index (χ2n) is 3.41. The van der Waals surface area contributed by atoms with Crippen LogP contribution in [0.25, 0.3) is 0 Å². The molecular formula is C11H14N2. The molecule has 0 spiro atoms. The molecule has 1 heterocycles. The molecule has 1 aliphatic rings. The van der Waals surface area contributed by atoms with Crippen LogP contribution in [0.15, 0.2) is 42.2 Å². The third-order valence-electron chi connectivity index (χ3n) is 2.26. The summed E-state index contributed by atoms with van der Waals surface area (Å²) in [5.41, 5.74) is 8.04. The van der Waals surface area contributed by atoms with E-state index in [0.717, 1.165) is 25.2 Å². The third-order valence-corrected chi connectivity index (χ3v) is 2.26. The maximum Gasteiger partial charge on any atom is 0.0424 e. The smallest absolute Gasteiger partial charge is 0.0424 e. The standard InChI is InChI=1S/C11H14N2/c12-11-6-7-13(9-11)8-10-4-2-1-3-5-10/h1-5,9H,6-8,12H2. The zero-order chi connectivity index (χ0) is 9.10. The van der Waals surface area contributed by atoms with E-state index in [1.807, 2.05) is 12.3 Å². The molecular weight excluding hydrogens is 160 g/mol. The van der Waals surface area contributed by atoms with E-state index in [4.69, 9.17) is 5.73 Å². The number of nitrogens with zero attached hydrogens (tertiary/aromatic N) is 1. The van der Waals surface area contributed by atoms with Crippen LogP contribution < -0.4 is 5.73 Å². The van der Waals surface area contributed by atoms with Crippen LogP contribution in [0.3, 0.4) is 0 Å². The molecule has 0 saturated heterocycles. The van der Waals surface area contributed by atoms with Gasteiger partial charge in [0, 0.05) is 31.4 Å². The first-order chi connectivity index (χ1) is 6.34. The van der Waals surface area contributed by atoms with Gasteiger partial charge in [0.2, 0.25) is 0 Å². The van der Waals surface area contributed by atoms with E-state index < -0.39 is 0 Å². The first-order valence-electron chi connectivity index (χ1n) is 4.59. The first kappa shape index (κ1) is 8.17. The van der Waals surface area contributed by atoms with Crippen molar-refractivity contribution in [3.63, 3.8) is 0 Å². The topological polar surface area (TPSA) is 29.3 Å². The van der Waals surface area contributed by atoms with Crippen LogP contribution in [0.2, 0.25) is 0 Å². The van der Waals surface area contributed by atoms with Crippen molar-refractivity contribution in [1.82, 2.24) is 4.90 Å². The molecule has 2 nitrogen and oxygen atoms in total. The molecule has 1 aliphatic heterocycles. The summed E-state index contributed by atoms with van der Waals surface area (Å²) >= 11 is 0. The van der Waals surface area contributed by atoms with Gasteiger partial charge in [0.25, 0.3) is 0 Å². The Hall–Kier alpha value is -1.44. The Morgan fingerprint density at radius 1 is 1.23 bits per heavy atom. The Bertz CT molecular complexity index is 303. The average molecular weight is 174 g/mol. The fourth-order valence-corrected chi connectivity index (χ4v) is 1.58. The van der Waals surface area contributed by atoms with Crippen LogP contribution in [0, 0.1) is 0 Å². The summed E-state index contributed by atoms with van der Waals surface area (Å²) in [6.45, 7) is 2.03. The molecule has 0 amide bonds. The van der Waals surface area contributed by atoms with E-state index in [-0.39, 0.29) is 0 Å². The molecule has 0 aliphatic carbocycles. The lowest BCUT2D eigenvalue weighted by atomic mass is 10.2. The minimum absolute atomic E-state index is 0.974. The largest absolute Gasteiger partial charge is 0.401 e. The number of hydrogen-bond acceptors (Lipinski definition) is 2. The first-order valence-corrected chi connectivity index (χ1v) is 4.59. The highest BCUT2D eigenvalue weighted by Gasteiger charge is 2.08. The summed E-state index contributed by atoms with van der Waals surface area (Å²) in [5.74, 6) is 0. The van der Waals surface area contributed by atoms with Crippen molar-refractivity contribution in [2.24, 2.45) is 5.73 Å². The van der Waals surface area contributed by atoms with Crippen molar-refractivity contribution in [2.75, 3.05) is 6.54 Å². The summed E-state index contributed by atoms with van der Waals surface area (Å²) in [7, 11) is 0. The molecule has 0 unspecified atom stereocenters. The fourth-order valence-electron chi connectivity index (χ4n) is 1.58. The maximum atomic E-state index is 5.70. The van der Waals surface area contributed by atoms with Crippen LogP contribution >= 0.6 is 0 Å². The van der Waals surface area contributed by atoms with Crippen molar-refractivity contribution in [1.29, 1.82) is 0 Å². The zero-order valence-corrected chi connectivity index (χ0v) is 7.61. The molecule has 2 heteroatoms. The molecule has 0 saturated carbocycles. The SMILES string of the molecule is NC1=CN(Cc2ccccc2)CC1. The van der Waals surface area contributed by atoms with Crippen molar-refractivity contribution in [3.05, 3.63) is 47.8 Å². The molecule has 0 fully saturated rings. The fraction of sp³-hybridized carbons (Fsp3) is 0.273. The van der Waals surface area contributed by atoms with E-state index in [2.05, 4.69) is 29.2 Å². The average Bonchev–Trinajstić information content (AvgIpc) is 2.53. The van der Waals surface area contributed by atoms with E-state index in [9.17, 15) is 0 Å².